The molecule has 0 aliphatic heterocycles. The fourth-order valence-corrected chi connectivity index (χ4v) is 2.13. The maximum Gasteiger partial charge on any atom is 0.357 e. The minimum Gasteiger partial charge on any atom is -0.486 e. The fraction of sp³-hybridized carbons (Fsp3) is 0.286. The van der Waals surface area contributed by atoms with Gasteiger partial charge in [-0.25, -0.2) is 9.78 Å². The van der Waals surface area contributed by atoms with E-state index in [0.717, 1.165) is 10.8 Å². The average Bonchev–Trinajstić information content (AvgIpc) is 2.87. The molecule has 0 atom stereocenters. The molecule has 2 aromatic rings. The van der Waals surface area contributed by atoms with Crippen molar-refractivity contribution in [2.24, 2.45) is 0 Å². The lowest BCUT2D eigenvalue weighted by atomic mass is 10.2. The van der Waals surface area contributed by atoms with Crippen molar-refractivity contribution in [3.63, 3.8) is 0 Å². The van der Waals surface area contributed by atoms with Gasteiger partial charge in [-0.05, 0) is 26.0 Å². The first kappa shape index (κ1) is 13.5. The number of aromatic nitrogens is 1. The molecule has 0 spiro atoms. The van der Waals surface area contributed by atoms with E-state index in [2.05, 4.69) is 4.98 Å². The van der Waals surface area contributed by atoms with Crippen LogP contribution in [-0.4, -0.2) is 17.6 Å². The van der Waals surface area contributed by atoms with Crippen molar-refractivity contribution in [1.82, 2.24) is 4.98 Å². The molecule has 1 aromatic carbocycles. The second-order valence-electron chi connectivity index (χ2n) is 3.95. The third-order valence-electron chi connectivity index (χ3n) is 2.42. The summed E-state index contributed by atoms with van der Waals surface area (Å²) in [6, 6.07) is 7.80. The van der Waals surface area contributed by atoms with E-state index >= 15 is 0 Å². The number of carbonyl (C=O) groups excluding carboxylic acids is 1. The van der Waals surface area contributed by atoms with E-state index in [1.807, 2.05) is 31.2 Å². The molecule has 0 aliphatic carbocycles. The van der Waals surface area contributed by atoms with Crippen LogP contribution >= 0.6 is 11.3 Å². The lowest BCUT2D eigenvalue weighted by Crippen LogP contribution is -2.05. The van der Waals surface area contributed by atoms with Gasteiger partial charge in [0.25, 0.3) is 0 Å². The molecule has 0 bridgehead atoms. The van der Waals surface area contributed by atoms with Crippen LogP contribution in [0.1, 0.15) is 28.0 Å². The van der Waals surface area contributed by atoms with Crippen molar-refractivity contribution < 1.29 is 14.3 Å². The molecule has 0 saturated carbocycles. The number of esters is 1. The van der Waals surface area contributed by atoms with Gasteiger partial charge in [0, 0.05) is 5.38 Å². The van der Waals surface area contributed by atoms with Crippen LogP contribution in [0.4, 0.5) is 0 Å². The smallest absolute Gasteiger partial charge is 0.357 e. The minimum absolute atomic E-state index is 0.342. The number of hydrogen-bond donors (Lipinski definition) is 0. The molecule has 0 amide bonds. The lowest BCUT2D eigenvalue weighted by molar-refractivity contribution is 0.0520. The van der Waals surface area contributed by atoms with E-state index in [0.29, 0.717) is 18.9 Å². The number of carbonyl (C=O) groups is 1. The highest BCUT2D eigenvalue weighted by molar-refractivity contribution is 7.09. The first-order valence-electron chi connectivity index (χ1n) is 6.00. The Morgan fingerprint density at radius 1 is 1.32 bits per heavy atom. The molecular formula is C14H15NO3S. The number of hydrogen-bond acceptors (Lipinski definition) is 5. The molecule has 2 rings (SSSR count). The zero-order chi connectivity index (χ0) is 13.7. The highest BCUT2D eigenvalue weighted by atomic mass is 32.1. The van der Waals surface area contributed by atoms with Gasteiger partial charge in [-0.15, -0.1) is 11.3 Å². The Morgan fingerprint density at radius 2 is 2.05 bits per heavy atom. The topological polar surface area (TPSA) is 48.4 Å². The van der Waals surface area contributed by atoms with Gasteiger partial charge in [0.15, 0.2) is 5.69 Å². The number of rotatable bonds is 5. The van der Waals surface area contributed by atoms with Gasteiger partial charge in [-0.2, -0.15) is 0 Å². The summed E-state index contributed by atoms with van der Waals surface area (Å²) in [6.45, 7) is 4.50. The molecule has 1 heterocycles. The molecule has 0 unspecified atom stereocenters. The zero-order valence-corrected chi connectivity index (χ0v) is 11.7. The number of thiazole rings is 1. The van der Waals surface area contributed by atoms with Crippen molar-refractivity contribution in [1.29, 1.82) is 0 Å². The Hall–Kier alpha value is -1.88. The Balaban J connectivity index is 1.93. The molecule has 1 aromatic heterocycles. The van der Waals surface area contributed by atoms with Crippen LogP contribution in [0.25, 0.3) is 0 Å². The molecule has 4 nitrogen and oxygen atoms in total. The van der Waals surface area contributed by atoms with Gasteiger partial charge in [-0.1, -0.05) is 17.7 Å². The summed E-state index contributed by atoms with van der Waals surface area (Å²) in [5.74, 6) is 0.402. The average molecular weight is 277 g/mol. The second-order valence-corrected chi connectivity index (χ2v) is 4.89. The van der Waals surface area contributed by atoms with Crippen LogP contribution in [0.5, 0.6) is 5.75 Å². The van der Waals surface area contributed by atoms with E-state index < -0.39 is 0 Å². The van der Waals surface area contributed by atoms with Crippen molar-refractivity contribution in [2.75, 3.05) is 6.61 Å². The normalized spacial score (nSPS) is 10.2. The van der Waals surface area contributed by atoms with E-state index in [4.69, 9.17) is 9.47 Å². The summed E-state index contributed by atoms with van der Waals surface area (Å²) in [7, 11) is 0. The van der Waals surface area contributed by atoms with Gasteiger partial charge in [0.2, 0.25) is 0 Å². The van der Waals surface area contributed by atoms with E-state index in [1.165, 1.54) is 16.9 Å². The van der Waals surface area contributed by atoms with Crippen LogP contribution in [0, 0.1) is 6.92 Å². The molecule has 0 radical (unpaired) electrons. The Labute approximate surface area is 116 Å². The summed E-state index contributed by atoms with van der Waals surface area (Å²) in [5.41, 5.74) is 1.53. The van der Waals surface area contributed by atoms with Crippen LogP contribution in [0.15, 0.2) is 29.6 Å². The van der Waals surface area contributed by atoms with Crippen LogP contribution in [0.2, 0.25) is 0 Å². The van der Waals surface area contributed by atoms with Gasteiger partial charge in [-0.3, -0.25) is 0 Å². The molecule has 19 heavy (non-hydrogen) atoms. The highest BCUT2D eigenvalue weighted by Crippen LogP contribution is 2.16. The van der Waals surface area contributed by atoms with Crippen LogP contribution in [-0.2, 0) is 11.3 Å². The number of nitrogens with zero attached hydrogens (tertiary/aromatic N) is 1. The first-order valence-corrected chi connectivity index (χ1v) is 6.88. The molecule has 5 heteroatoms. The predicted molar refractivity (Wildman–Crippen MR) is 73.6 cm³/mol. The van der Waals surface area contributed by atoms with Crippen LogP contribution in [0.3, 0.4) is 0 Å². The fourth-order valence-electron chi connectivity index (χ4n) is 1.46. The molecular weight excluding hydrogens is 262 g/mol. The van der Waals surface area contributed by atoms with Gasteiger partial charge < -0.3 is 9.47 Å². The summed E-state index contributed by atoms with van der Waals surface area (Å²) >= 11 is 1.39. The standard InChI is InChI=1S/C14H15NO3S/c1-3-17-14(16)12-9-19-13(15-12)8-18-11-6-4-10(2)5-7-11/h4-7,9H,3,8H2,1-2H3. The zero-order valence-electron chi connectivity index (χ0n) is 10.9. The Morgan fingerprint density at radius 3 is 2.74 bits per heavy atom. The first-order chi connectivity index (χ1) is 9.19. The van der Waals surface area contributed by atoms with Crippen molar-refractivity contribution >= 4 is 17.3 Å². The minimum atomic E-state index is -0.389. The SMILES string of the molecule is CCOC(=O)c1csc(COc2ccc(C)cc2)n1. The summed E-state index contributed by atoms with van der Waals surface area (Å²) in [6.07, 6.45) is 0. The maximum absolute atomic E-state index is 11.5. The molecule has 100 valence electrons. The van der Waals surface area contributed by atoms with Gasteiger partial charge >= 0.3 is 5.97 Å². The molecule has 0 aliphatic rings. The van der Waals surface area contributed by atoms with Gasteiger partial charge in [0.05, 0.1) is 6.61 Å². The Kier molecular flexibility index (Phi) is 4.52. The van der Waals surface area contributed by atoms with E-state index in [9.17, 15) is 4.79 Å². The molecule has 0 saturated heterocycles. The van der Waals surface area contributed by atoms with E-state index in [1.54, 1.807) is 12.3 Å². The van der Waals surface area contributed by atoms with Crippen molar-refractivity contribution in [3.05, 3.63) is 45.9 Å². The lowest BCUT2D eigenvalue weighted by Gasteiger charge is -2.03. The van der Waals surface area contributed by atoms with Gasteiger partial charge in [0.1, 0.15) is 17.4 Å². The highest BCUT2D eigenvalue weighted by Gasteiger charge is 2.11. The third kappa shape index (κ3) is 3.79. The van der Waals surface area contributed by atoms with Crippen LogP contribution < -0.4 is 4.74 Å². The summed E-state index contributed by atoms with van der Waals surface area (Å²) in [4.78, 5) is 15.6. The van der Waals surface area contributed by atoms with Crippen molar-refractivity contribution in [2.45, 2.75) is 20.5 Å². The predicted octanol–water partition coefficient (Wildman–Crippen LogP) is 3.21. The molecule has 0 fully saturated rings. The molecule has 0 N–H and O–H groups in total. The monoisotopic (exact) mass is 277 g/mol. The summed E-state index contributed by atoms with van der Waals surface area (Å²) in [5, 5.41) is 2.44. The number of aryl methyl sites for hydroxylation is 1. The second kappa shape index (κ2) is 6.33. The largest absolute Gasteiger partial charge is 0.486 e. The van der Waals surface area contributed by atoms with Crippen molar-refractivity contribution in [3.8, 4) is 5.75 Å². The maximum atomic E-state index is 11.5. The Bertz CT molecular complexity index is 548. The van der Waals surface area contributed by atoms with E-state index in [-0.39, 0.29) is 5.97 Å². The number of benzene rings is 1. The quantitative estimate of drug-likeness (QED) is 0.787. The summed E-state index contributed by atoms with van der Waals surface area (Å²) < 4.78 is 10.5. The number of ether oxygens (including phenoxy) is 2. The third-order valence-corrected chi connectivity index (χ3v) is 3.24.